The Morgan fingerprint density at radius 3 is 2.36 bits per heavy atom. The van der Waals surface area contributed by atoms with Crippen molar-refractivity contribution in [2.24, 2.45) is 11.8 Å². The number of carbonyl (C=O) groups is 1. The molecule has 2 aliphatic rings. The number of carboxylic acids is 1. The molecule has 2 aromatic carbocycles. The molecule has 0 bridgehead atoms. The van der Waals surface area contributed by atoms with Crippen LogP contribution in [-0.2, 0) is 27.6 Å². The van der Waals surface area contributed by atoms with Gasteiger partial charge in [-0.3, -0.25) is 14.4 Å². The first-order valence-electron chi connectivity index (χ1n) is 15.7. The number of likely N-dealkylation sites (tertiary alicyclic amines) is 2. The quantitative estimate of drug-likeness (QED) is 0.319. The first-order valence-corrected chi connectivity index (χ1v) is 17.6. The predicted octanol–water partition coefficient (Wildman–Crippen LogP) is 5.04. The van der Waals surface area contributed by atoms with E-state index >= 15 is 0 Å². The maximum absolute atomic E-state index is 14.2. The van der Waals surface area contributed by atoms with Gasteiger partial charge in [-0.1, -0.05) is 38.1 Å². The lowest BCUT2D eigenvalue weighted by Crippen LogP contribution is -2.44. The fraction of sp³-hybridized carbons (Fsp3) is 0.529. The van der Waals surface area contributed by atoms with Crippen molar-refractivity contribution in [2.75, 3.05) is 39.0 Å². The predicted molar refractivity (Wildman–Crippen MR) is 169 cm³/mol. The highest BCUT2D eigenvalue weighted by atomic mass is 32.2. The fourth-order valence-electron chi connectivity index (χ4n) is 7.26. The zero-order valence-corrected chi connectivity index (χ0v) is 27.0. The van der Waals surface area contributed by atoms with Gasteiger partial charge < -0.3 is 10.0 Å². The molecule has 2 fully saturated rings. The van der Waals surface area contributed by atoms with Gasteiger partial charge in [-0.25, -0.2) is 12.8 Å². The molecule has 0 aliphatic carbocycles. The number of aryl methyl sites for hydroxylation is 1. The highest BCUT2D eigenvalue weighted by molar-refractivity contribution is 7.90. The molecule has 0 unspecified atom stereocenters. The molecule has 0 amide bonds. The van der Waals surface area contributed by atoms with Crippen LogP contribution in [0.4, 0.5) is 4.39 Å². The molecule has 3 heterocycles. The first-order chi connectivity index (χ1) is 20.9. The Balaban J connectivity index is 1.25. The third kappa shape index (κ3) is 7.41. The van der Waals surface area contributed by atoms with Gasteiger partial charge in [0.1, 0.15) is 11.9 Å². The monoisotopic (exact) mass is 624 g/mol. The zero-order valence-electron chi connectivity index (χ0n) is 26.2. The van der Waals surface area contributed by atoms with E-state index in [1.807, 2.05) is 32.0 Å². The van der Waals surface area contributed by atoms with Gasteiger partial charge in [-0.05, 0) is 86.1 Å². The third-order valence-electron chi connectivity index (χ3n) is 9.42. The molecule has 2 saturated heterocycles. The Morgan fingerprint density at radius 1 is 1.07 bits per heavy atom. The summed E-state index contributed by atoms with van der Waals surface area (Å²) in [6.45, 7) is 10.9. The van der Waals surface area contributed by atoms with E-state index in [1.54, 1.807) is 24.3 Å². The normalized spacial score (nSPS) is 21.2. The van der Waals surface area contributed by atoms with E-state index in [1.165, 1.54) is 18.0 Å². The summed E-state index contributed by atoms with van der Waals surface area (Å²) in [5, 5.41) is 14.9. The molecule has 2 aliphatic heterocycles. The maximum atomic E-state index is 14.2. The molecular formula is C34H45FN4O4S. The molecule has 5 rings (SSSR count). The molecule has 0 spiro atoms. The van der Waals surface area contributed by atoms with Crippen molar-refractivity contribution in [3.05, 3.63) is 82.9 Å². The van der Waals surface area contributed by atoms with Crippen molar-refractivity contribution in [2.45, 2.75) is 69.4 Å². The summed E-state index contributed by atoms with van der Waals surface area (Å²) in [5.74, 6) is -0.364. The number of carboxylic acid groups (broad SMARTS) is 1. The smallest absolute Gasteiger partial charge is 0.321 e. The van der Waals surface area contributed by atoms with E-state index in [2.05, 4.69) is 27.5 Å². The molecule has 3 aromatic rings. The first kappa shape index (κ1) is 32.3. The molecule has 0 saturated carbocycles. The van der Waals surface area contributed by atoms with Crippen LogP contribution in [0, 0.1) is 17.7 Å². The maximum Gasteiger partial charge on any atom is 0.321 e. The van der Waals surface area contributed by atoms with Gasteiger partial charge in [0, 0.05) is 56.4 Å². The van der Waals surface area contributed by atoms with Crippen LogP contribution < -0.4 is 0 Å². The van der Waals surface area contributed by atoms with Gasteiger partial charge >= 0.3 is 5.97 Å². The van der Waals surface area contributed by atoms with Gasteiger partial charge in [0.15, 0.2) is 9.84 Å². The highest BCUT2D eigenvalue weighted by Gasteiger charge is 2.41. The molecule has 1 N–H and O–H groups in total. The number of aromatic nitrogens is 2. The number of sulfone groups is 1. The molecule has 44 heavy (non-hydrogen) atoms. The van der Waals surface area contributed by atoms with Crippen molar-refractivity contribution in [3.63, 3.8) is 0 Å². The lowest BCUT2D eigenvalue weighted by Gasteiger charge is -2.35. The van der Waals surface area contributed by atoms with Crippen molar-refractivity contribution in [1.82, 2.24) is 19.6 Å². The minimum Gasteiger partial charge on any atom is -0.480 e. The average Bonchev–Trinajstić information content (AvgIpc) is 3.57. The summed E-state index contributed by atoms with van der Waals surface area (Å²) in [6, 6.07) is 15.5. The molecule has 10 heteroatoms. The summed E-state index contributed by atoms with van der Waals surface area (Å²) in [7, 11) is -3.22. The van der Waals surface area contributed by atoms with Crippen molar-refractivity contribution >= 4 is 15.8 Å². The summed E-state index contributed by atoms with van der Waals surface area (Å²) in [6.07, 6.45) is 3.89. The van der Waals surface area contributed by atoms with Crippen LogP contribution >= 0.6 is 0 Å². The van der Waals surface area contributed by atoms with Crippen LogP contribution in [0.3, 0.4) is 0 Å². The van der Waals surface area contributed by atoms with Crippen LogP contribution in [0.2, 0.25) is 0 Å². The van der Waals surface area contributed by atoms with Crippen LogP contribution in [0.1, 0.15) is 68.0 Å². The van der Waals surface area contributed by atoms with Crippen LogP contribution in [0.5, 0.6) is 0 Å². The largest absolute Gasteiger partial charge is 0.480 e. The Labute approximate surface area is 260 Å². The second kappa shape index (κ2) is 13.5. The molecule has 8 nitrogen and oxygen atoms in total. The van der Waals surface area contributed by atoms with Gasteiger partial charge in [0.25, 0.3) is 0 Å². The van der Waals surface area contributed by atoms with Crippen LogP contribution in [0.15, 0.2) is 59.5 Å². The number of rotatable bonds is 11. The number of hydrogen-bond donors (Lipinski definition) is 1. The Bertz CT molecular complexity index is 1550. The summed E-state index contributed by atoms with van der Waals surface area (Å²) >= 11 is 0. The van der Waals surface area contributed by atoms with E-state index in [-0.39, 0.29) is 23.6 Å². The van der Waals surface area contributed by atoms with Gasteiger partial charge in [0.2, 0.25) is 0 Å². The van der Waals surface area contributed by atoms with Crippen molar-refractivity contribution in [3.8, 4) is 0 Å². The van der Waals surface area contributed by atoms with Gasteiger partial charge in [0.05, 0.1) is 10.6 Å². The fourth-order valence-corrected chi connectivity index (χ4v) is 7.89. The number of aliphatic carboxylic acids is 1. The second-order valence-electron chi connectivity index (χ2n) is 12.9. The van der Waals surface area contributed by atoms with Gasteiger partial charge in [-0.15, -0.1) is 0 Å². The number of piperidine rings is 1. The molecule has 3 atom stereocenters. The van der Waals surface area contributed by atoms with Crippen LogP contribution in [-0.4, -0.2) is 84.1 Å². The van der Waals surface area contributed by atoms with E-state index < -0.39 is 21.8 Å². The van der Waals surface area contributed by atoms with E-state index in [0.29, 0.717) is 30.3 Å². The van der Waals surface area contributed by atoms with E-state index in [4.69, 9.17) is 5.10 Å². The Kier molecular flexibility index (Phi) is 9.92. The highest BCUT2D eigenvalue weighted by Crippen LogP contribution is 2.37. The minimum absolute atomic E-state index is 0.0182. The topological polar surface area (TPSA) is 95.7 Å². The van der Waals surface area contributed by atoms with E-state index in [9.17, 15) is 22.7 Å². The Hall–Kier alpha value is -3.08. The number of benzene rings is 2. The molecule has 238 valence electrons. The molecular weight excluding hydrogens is 579 g/mol. The number of halogens is 1. The average molecular weight is 625 g/mol. The van der Waals surface area contributed by atoms with Crippen LogP contribution in [0.25, 0.3) is 0 Å². The van der Waals surface area contributed by atoms with Crippen molar-refractivity contribution in [1.29, 1.82) is 0 Å². The SMILES string of the molecule is CCn1nc(Cc2ccc(S(C)(=O)=O)cc2)cc1C1CCN(C[C@H]2CN([C@@H](C(=O)O)C(C)C)C[C@@H]2c2cccc(F)c2)CC1. The van der Waals surface area contributed by atoms with Crippen molar-refractivity contribution < 1.29 is 22.7 Å². The molecule has 1 aromatic heterocycles. The summed E-state index contributed by atoms with van der Waals surface area (Å²) in [5.41, 5.74) is 4.21. The van der Waals surface area contributed by atoms with E-state index in [0.717, 1.165) is 55.8 Å². The number of nitrogens with zero attached hydrogens (tertiary/aromatic N) is 4. The minimum atomic E-state index is -3.22. The Morgan fingerprint density at radius 2 is 1.77 bits per heavy atom. The number of hydrogen-bond acceptors (Lipinski definition) is 6. The lowest BCUT2D eigenvalue weighted by molar-refractivity contribution is -0.144. The standard InChI is InChI=1S/C34H45FN4O4S/c1-5-39-32(19-29(36-39)17-24-9-11-30(12-10-24)44(4,42)43)25-13-15-37(16-14-25)20-27-21-38(33(23(2)3)34(40)41)22-31(27)26-7-6-8-28(35)18-26/h6-12,18-19,23,25,27,31,33H,5,13-17,20-22H2,1-4H3,(H,40,41)/t27-,31+,33+/m0/s1. The lowest BCUT2D eigenvalue weighted by atomic mass is 9.87. The summed E-state index contributed by atoms with van der Waals surface area (Å²) in [4.78, 5) is 17.1. The van der Waals surface area contributed by atoms with Gasteiger partial charge in [-0.2, -0.15) is 5.10 Å². The zero-order chi connectivity index (χ0) is 31.6. The molecule has 0 radical (unpaired) electrons. The summed E-state index contributed by atoms with van der Waals surface area (Å²) < 4.78 is 39.9. The second-order valence-corrected chi connectivity index (χ2v) is 15.0. The third-order valence-corrected chi connectivity index (χ3v) is 10.5.